The standard InChI is InChI=1S/C26H30N6O4/c1-19-6-8-22(9-7-19)28-26(33)36-15-14-35-25-29-23(17-24(30-25)32-10-12-34-13-11-32)31-27-18-21-5-3-4-20(2)16-21/h3-9,16-18H,10-15H2,1-2H3,(H,28,33)(H,29,30,31). The molecular formula is C26H30N6O4. The van der Waals surface area contributed by atoms with Gasteiger partial charge in [-0.25, -0.2) is 4.79 Å². The second kappa shape index (κ2) is 12.5. The summed E-state index contributed by atoms with van der Waals surface area (Å²) in [6.45, 7) is 6.82. The number of aryl methyl sites for hydroxylation is 2. The third kappa shape index (κ3) is 7.67. The predicted molar refractivity (Wildman–Crippen MR) is 139 cm³/mol. The molecule has 3 aromatic rings. The van der Waals surface area contributed by atoms with E-state index in [9.17, 15) is 4.79 Å². The molecule has 1 amide bonds. The summed E-state index contributed by atoms with van der Waals surface area (Å²) in [6.07, 6.45) is 1.17. The Balaban J connectivity index is 1.35. The molecule has 0 aliphatic carbocycles. The summed E-state index contributed by atoms with van der Waals surface area (Å²) in [4.78, 5) is 23.0. The molecule has 188 valence electrons. The molecular weight excluding hydrogens is 460 g/mol. The van der Waals surface area contributed by atoms with Crippen molar-refractivity contribution in [2.45, 2.75) is 13.8 Å². The first-order chi connectivity index (χ1) is 17.5. The molecule has 1 saturated heterocycles. The molecule has 1 aliphatic heterocycles. The van der Waals surface area contributed by atoms with Crippen LogP contribution in [0.4, 0.5) is 22.1 Å². The average molecular weight is 491 g/mol. The van der Waals surface area contributed by atoms with Crippen LogP contribution in [-0.4, -0.2) is 61.8 Å². The fourth-order valence-electron chi connectivity index (χ4n) is 3.47. The highest BCUT2D eigenvalue weighted by Gasteiger charge is 2.16. The Morgan fingerprint density at radius 3 is 2.64 bits per heavy atom. The van der Waals surface area contributed by atoms with Crippen molar-refractivity contribution >= 4 is 29.6 Å². The number of hydrogen-bond donors (Lipinski definition) is 2. The van der Waals surface area contributed by atoms with Crippen LogP contribution in [-0.2, 0) is 9.47 Å². The van der Waals surface area contributed by atoms with Crippen molar-refractivity contribution in [3.05, 3.63) is 71.3 Å². The van der Waals surface area contributed by atoms with Crippen LogP contribution in [0.3, 0.4) is 0 Å². The van der Waals surface area contributed by atoms with Gasteiger partial charge >= 0.3 is 12.1 Å². The Labute approximate surface area is 210 Å². The maximum atomic E-state index is 12.0. The molecule has 2 aromatic carbocycles. The molecule has 36 heavy (non-hydrogen) atoms. The molecule has 1 aromatic heterocycles. The van der Waals surface area contributed by atoms with Gasteiger partial charge in [-0.15, -0.1) is 0 Å². The number of aromatic nitrogens is 2. The summed E-state index contributed by atoms with van der Waals surface area (Å²) in [5, 5.41) is 6.98. The highest BCUT2D eigenvalue weighted by atomic mass is 16.6. The minimum absolute atomic E-state index is 0.0388. The zero-order valence-corrected chi connectivity index (χ0v) is 20.4. The highest BCUT2D eigenvalue weighted by Crippen LogP contribution is 2.20. The normalized spacial score (nSPS) is 13.4. The summed E-state index contributed by atoms with van der Waals surface area (Å²) < 4.78 is 16.3. The van der Waals surface area contributed by atoms with Crippen molar-refractivity contribution in [1.82, 2.24) is 9.97 Å². The first-order valence-electron chi connectivity index (χ1n) is 11.8. The maximum absolute atomic E-state index is 12.0. The lowest BCUT2D eigenvalue weighted by atomic mass is 10.2. The highest BCUT2D eigenvalue weighted by molar-refractivity contribution is 5.84. The SMILES string of the molecule is Cc1ccc(NC(=O)OCCOc2nc(NN=Cc3cccc(C)c3)cc(N3CCOCC3)n2)cc1. The molecule has 0 radical (unpaired) electrons. The van der Waals surface area contributed by atoms with Gasteiger partial charge in [0.1, 0.15) is 19.0 Å². The second-order valence-electron chi connectivity index (χ2n) is 8.25. The van der Waals surface area contributed by atoms with Gasteiger partial charge in [0.05, 0.1) is 19.4 Å². The van der Waals surface area contributed by atoms with Gasteiger partial charge in [0.2, 0.25) is 0 Å². The number of benzene rings is 2. The molecule has 2 N–H and O–H groups in total. The zero-order valence-electron chi connectivity index (χ0n) is 20.4. The molecule has 0 bridgehead atoms. The largest absolute Gasteiger partial charge is 0.460 e. The van der Waals surface area contributed by atoms with Gasteiger partial charge in [0, 0.05) is 24.8 Å². The van der Waals surface area contributed by atoms with Gasteiger partial charge in [-0.2, -0.15) is 15.1 Å². The fraction of sp³-hybridized carbons (Fsp3) is 0.308. The second-order valence-corrected chi connectivity index (χ2v) is 8.25. The zero-order chi connectivity index (χ0) is 25.2. The predicted octanol–water partition coefficient (Wildman–Crippen LogP) is 4.00. The lowest BCUT2D eigenvalue weighted by Gasteiger charge is -2.28. The molecule has 10 heteroatoms. The van der Waals surface area contributed by atoms with Crippen molar-refractivity contribution in [3.8, 4) is 6.01 Å². The number of rotatable bonds is 9. The number of carbonyl (C=O) groups is 1. The third-order valence-electron chi connectivity index (χ3n) is 5.31. The summed E-state index contributed by atoms with van der Waals surface area (Å²) in [6, 6.07) is 17.4. The summed E-state index contributed by atoms with van der Waals surface area (Å²) in [7, 11) is 0. The van der Waals surface area contributed by atoms with Gasteiger partial charge < -0.3 is 19.1 Å². The topological polar surface area (TPSA) is 110 Å². The van der Waals surface area contributed by atoms with E-state index in [1.165, 1.54) is 0 Å². The number of amides is 1. The number of hydrazone groups is 1. The Bertz CT molecular complexity index is 1180. The van der Waals surface area contributed by atoms with Crippen molar-refractivity contribution in [2.24, 2.45) is 5.10 Å². The summed E-state index contributed by atoms with van der Waals surface area (Å²) in [5.74, 6) is 1.19. The molecule has 1 aliphatic rings. The van der Waals surface area contributed by atoms with E-state index in [1.807, 2.05) is 68.4 Å². The molecule has 4 rings (SSSR count). The van der Waals surface area contributed by atoms with Gasteiger partial charge in [0.15, 0.2) is 5.82 Å². The van der Waals surface area contributed by atoms with Crippen LogP contribution >= 0.6 is 0 Å². The molecule has 2 heterocycles. The van der Waals surface area contributed by atoms with Crippen molar-refractivity contribution in [1.29, 1.82) is 0 Å². The van der Waals surface area contributed by atoms with E-state index in [1.54, 1.807) is 6.21 Å². The Kier molecular flexibility index (Phi) is 8.66. The van der Waals surface area contributed by atoms with Crippen LogP contribution in [0.5, 0.6) is 6.01 Å². The van der Waals surface area contributed by atoms with E-state index in [4.69, 9.17) is 14.2 Å². The molecule has 1 fully saturated rings. The minimum atomic E-state index is -0.557. The monoisotopic (exact) mass is 490 g/mol. The number of nitrogens with one attached hydrogen (secondary N) is 2. The first-order valence-corrected chi connectivity index (χ1v) is 11.8. The molecule has 0 unspecified atom stereocenters. The van der Waals surface area contributed by atoms with Crippen LogP contribution < -0.4 is 20.4 Å². The summed E-state index contributed by atoms with van der Waals surface area (Å²) in [5.41, 5.74) is 6.86. The van der Waals surface area contributed by atoms with E-state index in [0.29, 0.717) is 43.6 Å². The third-order valence-corrected chi connectivity index (χ3v) is 5.31. The quantitative estimate of drug-likeness (QED) is 0.263. The van der Waals surface area contributed by atoms with E-state index in [2.05, 4.69) is 30.7 Å². The number of anilines is 3. The Morgan fingerprint density at radius 1 is 1.06 bits per heavy atom. The van der Waals surface area contributed by atoms with E-state index in [0.717, 1.165) is 16.7 Å². The van der Waals surface area contributed by atoms with Crippen LogP contribution in [0.25, 0.3) is 0 Å². The fourth-order valence-corrected chi connectivity index (χ4v) is 3.47. The van der Waals surface area contributed by atoms with Gasteiger partial charge in [-0.1, -0.05) is 47.5 Å². The van der Waals surface area contributed by atoms with E-state index >= 15 is 0 Å². The maximum Gasteiger partial charge on any atom is 0.411 e. The van der Waals surface area contributed by atoms with Crippen LogP contribution in [0, 0.1) is 13.8 Å². The molecule has 0 spiro atoms. The Hall–Kier alpha value is -4.18. The molecule has 0 saturated carbocycles. The van der Waals surface area contributed by atoms with Crippen LogP contribution in [0.2, 0.25) is 0 Å². The number of nitrogens with zero attached hydrogens (tertiary/aromatic N) is 4. The van der Waals surface area contributed by atoms with Crippen LogP contribution in [0.1, 0.15) is 16.7 Å². The number of ether oxygens (including phenoxy) is 3. The van der Waals surface area contributed by atoms with Crippen LogP contribution in [0.15, 0.2) is 59.7 Å². The van der Waals surface area contributed by atoms with Crippen molar-refractivity contribution < 1.29 is 19.0 Å². The first kappa shape index (κ1) is 24.9. The van der Waals surface area contributed by atoms with Crippen molar-refractivity contribution in [3.63, 3.8) is 0 Å². The minimum Gasteiger partial charge on any atom is -0.460 e. The van der Waals surface area contributed by atoms with Gasteiger partial charge in [-0.3, -0.25) is 10.7 Å². The van der Waals surface area contributed by atoms with E-state index in [-0.39, 0.29) is 19.2 Å². The van der Waals surface area contributed by atoms with Gasteiger partial charge in [-0.05, 0) is 31.5 Å². The number of carbonyl (C=O) groups excluding carboxylic acids is 1. The summed E-state index contributed by atoms with van der Waals surface area (Å²) >= 11 is 0. The molecule has 10 nitrogen and oxygen atoms in total. The van der Waals surface area contributed by atoms with Gasteiger partial charge in [0.25, 0.3) is 0 Å². The van der Waals surface area contributed by atoms with E-state index < -0.39 is 6.09 Å². The lowest BCUT2D eigenvalue weighted by molar-refractivity contribution is 0.122. The number of morpholine rings is 1. The number of hydrogen-bond acceptors (Lipinski definition) is 9. The molecule has 0 atom stereocenters. The average Bonchev–Trinajstić information content (AvgIpc) is 2.88. The van der Waals surface area contributed by atoms with Crippen molar-refractivity contribution in [2.75, 3.05) is 55.2 Å². The lowest BCUT2D eigenvalue weighted by Crippen LogP contribution is -2.36. The smallest absolute Gasteiger partial charge is 0.411 e. The Morgan fingerprint density at radius 2 is 1.86 bits per heavy atom.